The number of carbonyl (C=O) groups is 2. The zero-order chi connectivity index (χ0) is 30.2. The summed E-state index contributed by atoms with van der Waals surface area (Å²) in [6, 6.07) is 18.4. The van der Waals surface area contributed by atoms with Crippen LogP contribution in [-0.4, -0.2) is 44.3 Å². The lowest BCUT2D eigenvalue weighted by Crippen LogP contribution is -2.52. The number of unbranched alkanes of at least 4 members (excludes halogenated alkanes) is 1. The van der Waals surface area contributed by atoms with Crippen molar-refractivity contribution < 1.29 is 18.0 Å². The Morgan fingerprint density at radius 3 is 2.22 bits per heavy atom. The predicted molar refractivity (Wildman–Crippen MR) is 166 cm³/mol. The fourth-order valence-electron chi connectivity index (χ4n) is 4.57. The first kappa shape index (κ1) is 32.2. The molecule has 9 heteroatoms. The minimum atomic E-state index is -4.13. The minimum Gasteiger partial charge on any atom is -0.354 e. The van der Waals surface area contributed by atoms with Crippen LogP contribution in [0.1, 0.15) is 55.4 Å². The van der Waals surface area contributed by atoms with Gasteiger partial charge in [-0.2, -0.15) is 0 Å². The van der Waals surface area contributed by atoms with Crippen molar-refractivity contribution in [2.24, 2.45) is 0 Å². The molecule has 0 saturated heterocycles. The molecule has 0 spiro atoms. The molecule has 0 aliphatic carbocycles. The van der Waals surface area contributed by atoms with E-state index in [1.807, 2.05) is 52.8 Å². The average Bonchev–Trinajstić information content (AvgIpc) is 2.94. The van der Waals surface area contributed by atoms with Gasteiger partial charge in [0.05, 0.1) is 10.6 Å². The van der Waals surface area contributed by atoms with Crippen molar-refractivity contribution in [3.8, 4) is 0 Å². The number of anilines is 1. The quantitative estimate of drug-likeness (QED) is 0.238. The molecule has 0 aliphatic rings. The van der Waals surface area contributed by atoms with E-state index < -0.39 is 28.5 Å². The smallest absolute Gasteiger partial charge is 0.264 e. The van der Waals surface area contributed by atoms with Gasteiger partial charge < -0.3 is 10.2 Å². The van der Waals surface area contributed by atoms with Gasteiger partial charge in [0.1, 0.15) is 12.6 Å². The van der Waals surface area contributed by atoms with E-state index in [0.29, 0.717) is 34.8 Å². The summed E-state index contributed by atoms with van der Waals surface area (Å²) in [4.78, 5) is 29.0. The number of hydrogen-bond acceptors (Lipinski definition) is 4. The highest BCUT2D eigenvalue weighted by Gasteiger charge is 2.34. The lowest BCUT2D eigenvalue weighted by Gasteiger charge is -2.34. The second-order valence-corrected chi connectivity index (χ2v) is 12.6. The maximum absolute atomic E-state index is 14.2. The standard InChI is InChI=1S/C32H40ClN3O4S/c1-6-8-19-34-32(38)29(7-2)35(21-26-11-9-10-12-28(26)33)31(37)22-36(30-20-24(4)13-16-25(30)5)41(39,40)27-17-14-23(3)15-18-27/h9-18,20,29H,6-8,19,21-22H2,1-5H3,(H,34,38). The number of hydrogen-bond donors (Lipinski definition) is 1. The summed E-state index contributed by atoms with van der Waals surface area (Å²) in [6.45, 7) is 9.51. The summed E-state index contributed by atoms with van der Waals surface area (Å²) in [6.07, 6.45) is 2.08. The zero-order valence-electron chi connectivity index (χ0n) is 24.5. The molecule has 1 N–H and O–H groups in total. The van der Waals surface area contributed by atoms with Crippen LogP contribution < -0.4 is 9.62 Å². The maximum Gasteiger partial charge on any atom is 0.264 e. The molecular weight excluding hydrogens is 558 g/mol. The molecule has 220 valence electrons. The van der Waals surface area contributed by atoms with Crippen molar-refractivity contribution >= 4 is 39.1 Å². The third-order valence-electron chi connectivity index (χ3n) is 7.04. The lowest BCUT2D eigenvalue weighted by molar-refractivity contribution is -0.140. The average molecular weight is 598 g/mol. The van der Waals surface area contributed by atoms with Crippen LogP contribution in [0, 0.1) is 20.8 Å². The molecule has 41 heavy (non-hydrogen) atoms. The number of nitrogens with one attached hydrogen (secondary N) is 1. The lowest BCUT2D eigenvalue weighted by atomic mass is 10.1. The fraction of sp³-hybridized carbons (Fsp3) is 0.375. The first-order chi connectivity index (χ1) is 19.5. The molecule has 0 radical (unpaired) electrons. The van der Waals surface area contributed by atoms with E-state index in [-0.39, 0.29) is 17.3 Å². The van der Waals surface area contributed by atoms with E-state index in [0.717, 1.165) is 28.3 Å². The highest BCUT2D eigenvalue weighted by molar-refractivity contribution is 7.92. The molecule has 0 aromatic heterocycles. The molecule has 2 amide bonds. The molecule has 0 fully saturated rings. The second-order valence-electron chi connectivity index (χ2n) is 10.3. The van der Waals surface area contributed by atoms with E-state index >= 15 is 0 Å². The predicted octanol–water partition coefficient (Wildman–Crippen LogP) is 6.18. The molecular formula is C32H40ClN3O4S. The Bertz CT molecular complexity index is 1460. The Balaban J connectivity index is 2.09. The number of benzene rings is 3. The number of sulfonamides is 1. The second kappa shape index (κ2) is 14.5. The molecule has 0 saturated carbocycles. The summed E-state index contributed by atoms with van der Waals surface area (Å²) in [5.74, 6) is -0.778. The van der Waals surface area contributed by atoms with Crippen molar-refractivity contribution in [1.82, 2.24) is 10.2 Å². The molecule has 3 rings (SSSR count). The van der Waals surface area contributed by atoms with Gasteiger partial charge >= 0.3 is 0 Å². The van der Waals surface area contributed by atoms with E-state index in [1.165, 1.54) is 4.90 Å². The van der Waals surface area contributed by atoms with Gasteiger partial charge in [0.2, 0.25) is 11.8 Å². The molecule has 0 aliphatic heterocycles. The van der Waals surface area contributed by atoms with Crippen molar-refractivity contribution in [2.75, 3.05) is 17.4 Å². The Morgan fingerprint density at radius 2 is 1.59 bits per heavy atom. The van der Waals surface area contributed by atoms with Gasteiger partial charge in [0.15, 0.2) is 0 Å². The van der Waals surface area contributed by atoms with Crippen LogP contribution in [0.5, 0.6) is 0 Å². The summed E-state index contributed by atoms with van der Waals surface area (Å²) in [5, 5.41) is 3.40. The van der Waals surface area contributed by atoms with E-state index in [1.54, 1.807) is 48.5 Å². The number of amides is 2. The normalized spacial score (nSPS) is 12.0. The Morgan fingerprint density at radius 1 is 0.927 bits per heavy atom. The van der Waals surface area contributed by atoms with Crippen LogP contribution >= 0.6 is 11.6 Å². The minimum absolute atomic E-state index is 0.0590. The molecule has 1 atom stereocenters. The van der Waals surface area contributed by atoms with Crippen molar-refractivity contribution in [3.63, 3.8) is 0 Å². The van der Waals surface area contributed by atoms with Crippen LogP contribution in [-0.2, 0) is 26.2 Å². The Kier molecular flexibility index (Phi) is 11.4. The van der Waals surface area contributed by atoms with Crippen LogP contribution in [0.25, 0.3) is 0 Å². The van der Waals surface area contributed by atoms with E-state index in [4.69, 9.17) is 11.6 Å². The van der Waals surface area contributed by atoms with Gasteiger partial charge in [-0.1, -0.05) is 79.9 Å². The van der Waals surface area contributed by atoms with Gasteiger partial charge in [0.25, 0.3) is 10.0 Å². The first-order valence-electron chi connectivity index (χ1n) is 14.0. The zero-order valence-corrected chi connectivity index (χ0v) is 26.1. The third kappa shape index (κ3) is 8.11. The Hall–Kier alpha value is -3.36. The monoisotopic (exact) mass is 597 g/mol. The molecule has 0 bridgehead atoms. The topological polar surface area (TPSA) is 86.8 Å². The molecule has 1 unspecified atom stereocenters. The summed E-state index contributed by atoms with van der Waals surface area (Å²) in [5.41, 5.74) is 3.57. The largest absolute Gasteiger partial charge is 0.354 e. The molecule has 7 nitrogen and oxygen atoms in total. The summed E-state index contributed by atoms with van der Waals surface area (Å²) in [7, 11) is -4.13. The van der Waals surface area contributed by atoms with E-state index in [2.05, 4.69) is 5.32 Å². The number of rotatable bonds is 13. The van der Waals surface area contributed by atoms with Crippen molar-refractivity contribution in [3.05, 3.63) is 94.0 Å². The molecule has 0 heterocycles. The van der Waals surface area contributed by atoms with Crippen LogP contribution in [0.4, 0.5) is 5.69 Å². The Labute approximate surface area is 249 Å². The SMILES string of the molecule is CCCCNC(=O)C(CC)N(Cc1ccccc1Cl)C(=O)CN(c1cc(C)ccc1C)S(=O)(=O)c1ccc(C)cc1. The van der Waals surface area contributed by atoms with Crippen LogP contribution in [0.15, 0.2) is 71.6 Å². The number of halogens is 1. The van der Waals surface area contributed by atoms with E-state index in [9.17, 15) is 18.0 Å². The van der Waals surface area contributed by atoms with Crippen LogP contribution in [0.3, 0.4) is 0 Å². The molecule has 3 aromatic carbocycles. The highest BCUT2D eigenvalue weighted by Crippen LogP contribution is 2.29. The third-order valence-corrected chi connectivity index (χ3v) is 9.18. The van der Waals surface area contributed by atoms with Gasteiger partial charge in [-0.3, -0.25) is 13.9 Å². The van der Waals surface area contributed by atoms with Crippen LogP contribution in [0.2, 0.25) is 5.02 Å². The fourth-order valence-corrected chi connectivity index (χ4v) is 6.24. The summed E-state index contributed by atoms with van der Waals surface area (Å²) >= 11 is 6.46. The highest BCUT2D eigenvalue weighted by atomic mass is 35.5. The van der Waals surface area contributed by atoms with Gasteiger partial charge in [-0.15, -0.1) is 0 Å². The molecule has 3 aromatic rings. The van der Waals surface area contributed by atoms with Crippen molar-refractivity contribution in [2.45, 2.75) is 71.4 Å². The number of nitrogens with zero attached hydrogens (tertiary/aromatic N) is 2. The number of aryl methyl sites for hydroxylation is 3. The van der Waals surface area contributed by atoms with Gasteiger partial charge in [0, 0.05) is 18.1 Å². The maximum atomic E-state index is 14.2. The number of carbonyl (C=O) groups excluding carboxylic acids is 2. The van der Waals surface area contributed by atoms with Gasteiger partial charge in [-0.25, -0.2) is 8.42 Å². The van der Waals surface area contributed by atoms with Crippen molar-refractivity contribution in [1.29, 1.82) is 0 Å². The van der Waals surface area contributed by atoms with Gasteiger partial charge in [-0.05, 0) is 74.6 Å². The first-order valence-corrected chi connectivity index (χ1v) is 15.8. The summed E-state index contributed by atoms with van der Waals surface area (Å²) < 4.78 is 29.3.